The first-order valence-electron chi connectivity index (χ1n) is 8.97. The molecule has 0 spiro atoms. The van der Waals surface area contributed by atoms with Crippen molar-refractivity contribution in [3.8, 4) is 0 Å². The van der Waals surface area contributed by atoms with Crippen molar-refractivity contribution >= 4 is 58.3 Å². The molecule has 0 aromatic heterocycles. The Hall–Kier alpha value is -2.63. The lowest BCUT2D eigenvalue weighted by atomic mass is 9.90. The van der Waals surface area contributed by atoms with Gasteiger partial charge < -0.3 is 5.73 Å². The number of hydrogen-bond donors (Lipinski definition) is 3. The molecule has 0 aliphatic rings. The summed E-state index contributed by atoms with van der Waals surface area (Å²) in [6.45, 7) is 0.354. The van der Waals surface area contributed by atoms with Gasteiger partial charge in [-0.15, -0.1) is 0 Å². The van der Waals surface area contributed by atoms with Gasteiger partial charge in [-0.05, 0) is 35.2 Å². The number of rotatable bonds is 6. The van der Waals surface area contributed by atoms with Crippen molar-refractivity contribution in [3.05, 3.63) is 48.0 Å². The van der Waals surface area contributed by atoms with Crippen molar-refractivity contribution in [2.45, 2.75) is 22.6 Å². The predicted molar refractivity (Wildman–Crippen MR) is 112 cm³/mol. The Morgan fingerprint density at radius 3 is 1.90 bits per heavy atom. The number of carbonyl (C=O) groups is 1. The Morgan fingerprint density at radius 1 is 0.800 bits per heavy atom. The molecule has 0 bridgehead atoms. The molecule has 4 aromatic carbocycles. The van der Waals surface area contributed by atoms with Crippen LogP contribution < -0.4 is 5.73 Å². The lowest BCUT2D eigenvalue weighted by Gasteiger charge is -2.16. The molecule has 0 aliphatic heterocycles. The molecular formula is C20H17NO7S2. The summed E-state index contributed by atoms with van der Waals surface area (Å²) in [6, 6.07) is 10.1. The van der Waals surface area contributed by atoms with E-state index in [0.717, 1.165) is 6.07 Å². The molecular weight excluding hydrogens is 430 g/mol. The molecule has 0 fully saturated rings. The Bertz CT molecular complexity index is 1490. The SMILES string of the molecule is NCCCC(=O)c1ccc2ccc3c(S(=O)(=O)O)cc(S(=O)(=O)O)c4ccc1c2c34. The zero-order chi connectivity index (χ0) is 21.8. The average molecular weight is 447 g/mol. The summed E-state index contributed by atoms with van der Waals surface area (Å²) < 4.78 is 67.2. The Kier molecular flexibility index (Phi) is 4.79. The van der Waals surface area contributed by atoms with Gasteiger partial charge in [0.15, 0.2) is 5.78 Å². The molecule has 4 N–H and O–H groups in total. The summed E-state index contributed by atoms with van der Waals surface area (Å²) in [5, 5.41) is 2.03. The minimum atomic E-state index is -4.81. The van der Waals surface area contributed by atoms with Gasteiger partial charge >= 0.3 is 0 Å². The molecule has 0 saturated heterocycles. The fraction of sp³-hybridized carbons (Fsp3) is 0.150. The van der Waals surface area contributed by atoms with E-state index < -0.39 is 30.0 Å². The fourth-order valence-electron chi connectivity index (χ4n) is 3.90. The highest BCUT2D eigenvalue weighted by Gasteiger charge is 2.26. The zero-order valence-corrected chi connectivity index (χ0v) is 17.1. The lowest BCUT2D eigenvalue weighted by Crippen LogP contribution is -2.07. The van der Waals surface area contributed by atoms with E-state index in [1.54, 1.807) is 24.3 Å². The van der Waals surface area contributed by atoms with E-state index in [1.165, 1.54) is 12.1 Å². The third-order valence-electron chi connectivity index (χ3n) is 5.17. The fourth-order valence-corrected chi connectivity index (χ4v) is 5.40. The minimum Gasteiger partial charge on any atom is -0.330 e. The van der Waals surface area contributed by atoms with Crippen LogP contribution in [0.2, 0.25) is 0 Å². The second kappa shape index (κ2) is 6.96. The van der Waals surface area contributed by atoms with Gasteiger partial charge in [0.1, 0.15) is 9.79 Å². The van der Waals surface area contributed by atoms with E-state index in [-0.39, 0.29) is 28.4 Å². The highest BCUT2D eigenvalue weighted by atomic mass is 32.2. The predicted octanol–water partition coefficient (Wildman–Crippen LogP) is 3.00. The van der Waals surface area contributed by atoms with Crippen LogP contribution in [-0.2, 0) is 20.2 Å². The van der Waals surface area contributed by atoms with Gasteiger partial charge in [-0.25, -0.2) is 0 Å². The molecule has 8 nitrogen and oxygen atoms in total. The molecule has 4 aromatic rings. The number of nitrogens with two attached hydrogens (primary N) is 1. The second-order valence-electron chi connectivity index (χ2n) is 7.00. The normalized spacial score (nSPS) is 12.9. The Labute approximate surface area is 172 Å². The number of hydrogen-bond acceptors (Lipinski definition) is 6. The van der Waals surface area contributed by atoms with Gasteiger partial charge in [0.05, 0.1) is 0 Å². The summed E-state index contributed by atoms with van der Waals surface area (Å²) in [5.74, 6) is -0.150. The molecule has 0 heterocycles. The molecule has 4 rings (SSSR count). The van der Waals surface area contributed by atoms with E-state index in [4.69, 9.17) is 5.73 Å². The molecule has 0 unspecified atom stereocenters. The van der Waals surface area contributed by atoms with Crippen LogP contribution in [0.1, 0.15) is 23.2 Å². The van der Waals surface area contributed by atoms with E-state index in [0.29, 0.717) is 34.7 Å². The maximum atomic E-state index is 12.7. The zero-order valence-electron chi connectivity index (χ0n) is 15.5. The Balaban J connectivity index is 2.23. The molecule has 0 aliphatic carbocycles. The molecule has 0 atom stereocenters. The van der Waals surface area contributed by atoms with Crippen molar-refractivity contribution in [2.24, 2.45) is 5.73 Å². The number of Topliss-reactive ketones (excluding diaryl/α,β-unsaturated/α-hetero) is 1. The lowest BCUT2D eigenvalue weighted by molar-refractivity contribution is 0.0982. The highest BCUT2D eigenvalue weighted by Crippen LogP contribution is 2.41. The molecule has 0 amide bonds. The van der Waals surface area contributed by atoms with E-state index in [9.17, 15) is 30.7 Å². The molecule has 10 heteroatoms. The second-order valence-corrected chi connectivity index (χ2v) is 9.78. The third-order valence-corrected chi connectivity index (χ3v) is 6.96. The van der Waals surface area contributed by atoms with Crippen LogP contribution in [0.15, 0.2) is 52.3 Å². The van der Waals surface area contributed by atoms with Gasteiger partial charge in [-0.3, -0.25) is 13.9 Å². The first-order valence-corrected chi connectivity index (χ1v) is 11.8. The monoisotopic (exact) mass is 447 g/mol. The van der Waals surface area contributed by atoms with Gasteiger partial charge in [-0.2, -0.15) is 16.8 Å². The van der Waals surface area contributed by atoms with Crippen molar-refractivity contribution in [3.63, 3.8) is 0 Å². The highest BCUT2D eigenvalue weighted by molar-refractivity contribution is 7.87. The van der Waals surface area contributed by atoms with Crippen LogP contribution in [0.5, 0.6) is 0 Å². The number of ketones is 1. The molecule has 0 radical (unpaired) electrons. The quantitative estimate of drug-likeness (QED) is 0.232. The maximum absolute atomic E-state index is 12.7. The number of carbonyl (C=O) groups excluding carboxylic acids is 1. The number of benzene rings is 4. The third kappa shape index (κ3) is 3.22. The van der Waals surface area contributed by atoms with E-state index in [2.05, 4.69) is 0 Å². The first kappa shape index (κ1) is 20.6. The first-order chi connectivity index (χ1) is 14.0. The standard InChI is InChI=1S/C20H17NO7S2/c21-9-1-2-16(22)12-5-3-11-4-6-14-17(29(23,24)25)10-18(30(26,27)28)15-8-7-13(12)19(11)20(14)15/h3-8,10H,1-2,9,21H2,(H,23,24,25)(H,26,27,28). The smallest absolute Gasteiger partial charge is 0.295 e. The van der Waals surface area contributed by atoms with Crippen molar-refractivity contribution in [1.29, 1.82) is 0 Å². The Morgan fingerprint density at radius 2 is 1.33 bits per heavy atom. The van der Waals surface area contributed by atoms with Crippen LogP contribution in [0.3, 0.4) is 0 Å². The molecule has 30 heavy (non-hydrogen) atoms. The van der Waals surface area contributed by atoms with Crippen molar-refractivity contribution < 1.29 is 30.7 Å². The van der Waals surface area contributed by atoms with E-state index >= 15 is 0 Å². The van der Waals surface area contributed by atoms with Gasteiger partial charge in [0.2, 0.25) is 0 Å². The van der Waals surface area contributed by atoms with Gasteiger partial charge in [-0.1, -0.05) is 36.4 Å². The summed E-state index contributed by atoms with van der Waals surface area (Å²) >= 11 is 0. The molecule has 156 valence electrons. The van der Waals surface area contributed by atoms with Crippen molar-refractivity contribution in [1.82, 2.24) is 0 Å². The average Bonchev–Trinajstić information content (AvgIpc) is 2.67. The van der Waals surface area contributed by atoms with Crippen LogP contribution in [-0.4, -0.2) is 38.3 Å². The summed E-state index contributed by atoms with van der Waals surface area (Å²) in [4.78, 5) is 11.4. The largest absolute Gasteiger partial charge is 0.330 e. The molecule has 0 saturated carbocycles. The maximum Gasteiger partial charge on any atom is 0.295 e. The van der Waals surface area contributed by atoms with E-state index in [1.807, 2.05) is 0 Å². The van der Waals surface area contributed by atoms with Crippen LogP contribution in [0, 0.1) is 0 Å². The van der Waals surface area contributed by atoms with Crippen molar-refractivity contribution in [2.75, 3.05) is 6.54 Å². The van der Waals surface area contributed by atoms with Crippen LogP contribution in [0.4, 0.5) is 0 Å². The van der Waals surface area contributed by atoms with Gasteiger partial charge in [0, 0.05) is 28.1 Å². The summed E-state index contributed by atoms with van der Waals surface area (Å²) in [6.07, 6.45) is 0.730. The van der Waals surface area contributed by atoms with Gasteiger partial charge in [0.25, 0.3) is 20.2 Å². The van der Waals surface area contributed by atoms with Crippen LogP contribution in [0.25, 0.3) is 32.3 Å². The topological polar surface area (TPSA) is 152 Å². The summed E-state index contributed by atoms with van der Waals surface area (Å²) in [7, 11) is -9.61. The summed E-state index contributed by atoms with van der Waals surface area (Å²) in [5.41, 5.74) is 5.89. The van der Waals surface area contributed by atoms with Crippen LogP contribution >= 0.6 is 0 Å². The minimum absolute atomic E-state index is 0.0876.